The minimum atomic E-state index is -2.27. The molecule has 0 bridgehead atoms. The van der Waals surface area contributed by atoms with E-state index in [9.17, 15) is 8.78 Å². The third-order valence-corrected chi connectivity index (χ3v) is 2.87. The Morgan fingerprint density at radius 1 is 1.20 bits per heavy atom. The summed E-state index contributed by atoms with van der Waals surface area (Å²) < 4.78 is 24.3. The highest BCUT2D eigenvalue weighted by Gasteiger charge is 2.15. The van der Waals surface area contributed by atoms with Crippen molar-refractivity contribution in [2.75, 3.05) is 46.3 Å². The molecule has 0 spiro atoms. The SMILES string of the molecule is CC(NCCN1CCN(C)CC1)C(F)F. The first-order valence-electron chi connectivity index (χ1n) is 5.52. The molecule has 1 atom stereocenters. The van der Waals surface area contributed by atoms with E-state index in [1.807, 2.05) is 0 Å². The molecule has 0 radical (unpaired) electrons. The molecule has 0 aromatic rings. The molecule has 0 aromatic heterocycles. The summed E-state index contributed by atoms with van der Waals surface area (Å²) in [5.74, 6) is 0. The molecule has 3 nitrogen and oxygen atoms in total. The maximum absolute atomic E-state index is 12.2. The molecule has 1 unspecified atom stereocenters. The third kappa shape index (κ3) is 4.86. The molecule has 0 amide bonds. The summed E-state index contributed by atoms with van der Waals surface area (Å²) in [5.41, 5.74) is 0. The van der Waals surface area contributed by atoms with Gasteiger partial charge in [0, 0.05) is 39.3 Å². The van der Waals surface area contributed by atoms with Gasteiger partial charge in [0.05, 0.1) is 6.04 Å². The average Bonchev–Trinajstić information content (AvgIpc) is 2.20. The molecule has 0 aromatic carbocycles. The van der Waals surface area contributed by atoms with Gasteiger partial charge in [-0.1, -0.05) is 0 Å². The molecule has 15 heavy (non-hydrogen) atoms. The van der Waals surface area contributed by atoms with Crippen LogP contribution < -0.4 is 5.32 Å². The lowest BCUT2D eigenvalue weighted by molar-refractivity contribution is 0.101. The van der Waals surface area contributed by atoms with E-state index in [1.54, 1.807) is 0 Å². The molecule has 1 heterocycles. The van der Waals surface area contributed by atoms with Crippen LogP contribution in [0.25, 0.3) is 0 Å². The van der Waals surface area contributed by atoms with Gasteiger partial charge in [0.1, 0.15) is 0 Å². The highest BCUT2D eigenvalue weighted by Crippen LogP contribution is 2.00. The van der Waals surface area contributed by atoms with Crippen LogP contribution in [0.3, 0.4) is 0 Å². The fourth-order valence-electron chi connectivity index (χ4n) is 1.61. The molecule has 90 valence electrons. The second kappa shape index (κ2) is 6.35. The van der Waals surface area contributed by atoms with Crippen molar-refractivity contribution in [2.24, 2.45) is 0 Å². The van der Waals surface area contributed by atoms with Gasteiger partial charge in [-0.05, 0) is 14.0 Å². The number of hydrogen-bond acceptors (Lipinski definition) is 3. The molecule has 0 aliphatic carbocycles. The van der Waals surface area contributed by atoms with Crippen molar-refractivity contribution in [3.8, 4) is 0 Å². The smallest absolute Gasteiger partial charge is 0.253 e. The van der Waals surface area contributed by atoms with E-state index in [0.717, 1.165) is 32.7 Å². The Morgan fingerprint density at radius 2 is 1.80 bits per heavy atom. The number of hydrogen-bond donors (Lipinski definition) is 1. The Bertz CT molecular complexity index is 170. The van der Waals surface area contributed by atoms with Crippen LogP contribution in [0, 0.1) is 0 Å². The van der Waals surface area contributed by atoms with Gasteiger partial charge in [0.25, 0.3) is 6.43 Å². The molecule has 1 rings (SSSR count). The molecule has 1 fully saturated rings. The van der Waals surface area contributed by atoms with Gasteiger partial charge in [-0.25, -0.2) is 8.78 Å². The van der Waals surface area contributed by atoms with Crippen molar-refractivity contribution < 1.29 is 8.78 Å². The Morgan fingerprint density at radius 3 is 2.33 bits per heavy atom. The van der Waals surface area contributed by atoms with Crippen LogP contribution in [0.2, 0.25) is 0 Å². The zero-order chi connectivity index (χ0) is 11.3. The molecule has 1 N–H and O–H groups in total. The highest BCUT2D eigenvalue weighted by molar-refractivity contribution is 4.71. The summed E-state index contributed by atoms with van der Waals surface area (Å²) in [6.07, 6.45) is -2.27. The van der Waals surface area contributed by atoms with Gasteiger partial charge >= 0.3 is 0 Å². The molecular weight excluding hydrogens is 200 g/mol. The number of nitrogens with one attached hydrogen (secondary N) is 1. The second-order valence-electron chi connectivity index (χ2n) is 4.22. The number of likely N-dealkylation sites (N-methyl/N-ethyl adjacent to an activating group) is 1. The lowest BCUT2D eigenvalue weighted by Crippen LogP contribution is -2.47. The van der Waals surface area contributed by atoms with Crippen LogP contribution in [-0.2, 0) is 0 Å². The fourth-order valence-corrected chi connectivity index (χ4v) is 1.61. The first-order chi connectivity index (χ1) is 7.09. The zero-order valence-electron chi connectivity index (χ0n) is 9.55. The maximum Gasteiger partial charge on any atom is 0.253 e. The quantitative estimate of drug-likeness (QED) is 0.728. The van der Waals surface area contributed by atoms with Gasteiger partial charge in [0.15, 0.2) is 0 Å². The zero-order valence-corrected chi connectivity index (χ0v) is 9.55. The van der Waals surface area contributed by atoms with Gasteiger partial charge in [-0.2, -0.15) is 0 Å². The minimum absolute atomic E-state index is 0.648. The van der Waals surface area contributed by atoms with E-state index in [2.05, 4.69) is 22.2 Å². The van der Waals surface area contributed by atoms with Crippen LogP contribution in [0.4, 0.5) is 8.78 Å². The van der Waals surface area contributed by atoms with E-state index in [0.29, 0.717) is 6.54 Å². The summed E-state index contributed by atoms with van der Waals surface area (Å²) in [5, 5.41) is 2.84. The van der Waals surface area contributed by atoms with E-state index in [4.69, 9.17) is 0 Å². The number of halogens is 2. The second-order valence-corrected chi connectivity index (χ2v) is 4.22. The summed E-state index contributed by atoms with van der Waals surface area (Å²) >= 11 is 0. The van der Waals surface area contributed by atoms with Crippen LogP contribution in [0.15, 0.2) is 0 Å². The van der Waals surface area contributed by atoms with E-state index < -0.39 is 12.5 Å². The van der Waals surface area contributed by atoms with Crippen LogP contribution in [0.1, 0.15) is 6.92 Å². The summed E-state index contributed by atoms with van der Waals surface area (Å²) in [4.78, 5) is 4.59. The van der Waals surface area contributed by atoms with Crippen LogP contribution in [0.5, 0.6) is 0 Å². The predicted molar refractivity (Wildman–Crippen MR) is 57.4 cm³/mol. The number of nitrogens with zero attached hydrogens (tertiary/aromatic N) is 2. The standard InChI is InChI=1S/C10H21F2N3/c1-9(10(11)12)13-3-4-15-7-5-14(2)6-8-15/h9-10,13H,3-8H2,1-2H3. The van der Waals surface area contributed by atoms with Crippen molar-refractivity contribution in [1.82, 2.24) is 15.1 Å². The van der Waals surface area contributed by atoms with E-state index in [1.165, 1.54) is 6.92 Å². The van der Waals surface area contributed by atoms with Gasteiger partial charge in [-0.3, -0.25) is 4.90 Å². The number of piperazine rings is 1. The van der Waals surface area contributed by atoms with E-state index >= 15 is 0 Å². The average molecular weight is 221 g/mol. The summed E-state index contributed by atoms with van der Waals surface area (Å²) in [7, 11) is 2.11. The van der Waals surface area contributed by atoms with Gasteiger partial charge < -0.3 is 10.2 Å². The van der Waals surface area contributed by atoms with Crippen molar-refractivity contribution in [3.05, 3.63) is 0 Å². The lowest BCUT2D eigenvalue weighted by atomic mass is 10.3. The van der Waals surface area contributed by atoms with Crippen molar-refractivity contribution in [2.45, 2.75) is 19.4 Å². The first-order valence-corrected chi connectivity index (χ1v) is 5.52. The van der Waals surface area contributed by atoms with Crippen molar-refractivity contribution >= 4 is 0 Å². The Balaban J connectivity index is 2.05. The lowest BCUT2D eigenvalue weighted by Gasteiger charge is -2.32. The fraction of sp³-hybridized carbons (Fsp3) is 1.00. The normalized spacial score (nSPS) is 22.2. The Labute approximate surface area is 90.4 Å². The Hall–Kier alpha value is -0.260. The minimum Gasteiger partial charge on any atom is -0.308 e. The molecule has 5 heteroatoms. The van der Waals surface area contributed by atoms with Crippen molar-refractivity contribution in [1.29, 1.82) is 0 Å². The van der Waals surface area contributed by atoms with Crippen molar-refractivity contribution in [3.63, 3.8) is 0 Å². The van der Waals surface area contributed by atoms with Gasteiger partial charge in [0.2, 0.25) is 0 Å². The van der Waals surface area contributed by atoms with E-state index in [-0.39, 0.29) is 0 Å². The molecule has 0 saturated carbocycles. The summed E-state index contributed by atoms with van der Waals surface area (Å²) in [6.45, 7) is 7.27. The topological polar surface area (TPSA) is 18.5 Å². The largest absolute Gasteiger partial charge is 0.308 e. The highest BCUT2D eigenvalue weighted by atomic mass is 19.3. The number of alkyl halides is 2. The summed E-state index contributed by atoms with van der Waals surface area (Å²) in [6, 6.07) is -0.697. The van der Waals surface area contributed by atoms with Crippen LogP contribution in [-0.4, -0.2) is 68.6 Å². The van der Waals surface area contributed by atoms with Gasteiger partial charge in [-0.15, -0.1) is 0 Å². The third-order valence-electron chi connectivity index (χ3n) is 2.87. The maximum atomic E-state index is 12.2. The predicted octanol–water partition coefficient (Wildman–Crippen LogP) is 0.477. The Kier molecular flexibility index (Phi) is 5.42. The number of rotatable bonds is 5. The monoisotopic (exact) mass is 221 g/mol. The first kappa shape index (κ1) is 12.8. The molecule has 1 aliphatic heterocycles. The molecular formula is C10H21F2N3. The van der Waals surface area contributed by atoms with Crippen LogP contribution >= 0.6 is 0 Å². The molecule has 1 saturated heterocycles. The molecule has 1 aliphatic rings.